The smallest absolute Gasteiger partial charge is 0.0609 e. The van der Waals surface area contributed by atoms with Crippen LogP contribution >= 0.6 is 139 Å². The molecule has 0 atom stereocenters. The highest BCUT2D eigenvalue weighted by Gasteiger charge is 2.30. The third-order valence-corrected chi connectivity index (χ3v) is 20.6. The first-order valence-electron chi connectivity index (χ1n) is 12.6. The minimum Gasteiger partial charge on any atom is -0.127 e. The molecule has 0 aromatic carbocycles. The van der Waals surface area contributed by atoms with Crippen LogP contribution in [0.1, 0.15) is 0 Å². The van der Waals surface area contributed by atoms with Crippen LogP contribution in [0.15, 0.2) is 61.7 Å². The summed E-state index contributed by atoms with van der Waals surface area (Å²) >= 11 is 23.0. The Morgan fingerprint density at radius 1 is 0.286 bits per heavy atom. The summed E-state index contributed by atoms with van der Waals surface area (Å²) in [6.45, 7) is 0. The van der Waals surface area contributed by atoms with Crippen LogP contribution in [0.3, 0.4) is 0 Å². The van der Waals surface area contributed by atoms with Crippen molar-refractivity contribution in [3.8, 4) is 62.6 Å². The highest BCUT2D eigenvalue weighted by molar-refractivity contribution is 8.02. The third-order valence-electron chi connectivity index (χ3n) is 6.95. The first-order chi connectivity index (χ1) is 20.5. The zero-order valence-corrected chi connectivity index (χ0v) is 33.2. The molecule has 0 amide bonds. The Kier molecular flexibility index (Phi) is 9.45. The number of thiophene rings is 6. The van der Waals surface area contributed by atoms with E-state index in [0.717, 1.165) is 0 Å². The lowest BCUT2D eigenvalue weighted by atomic mass is 9.97. The zero-order valence-electron chi connectivity index (χ0n) is 23.4. The summed E-state index contributed by atoms with van der Waals surface area (Å²) in [5, 5.41) is 0. The molecule has 6 aromatic rings. The van der Waals surface area contributed by atoms with Crippen LogP contribution in [0.4, 0.5) is 0 Å². The Labute approximate surface area is 296 Å². The molecule has 1 aliphatic carbocycles. The fraction of sp³-hybridized carbons (Fsp3) is 0.200. The van der Waals surface area contributed by atoms with E-state index in [-0.39, 0.29) is 0 Å². The molecule has 0 radical (unpaired) electrons. The van der Waals surface area contributed by atoms with Crippen LogP contribution in [0.2, 0.25) is 0 Å². The Hall–Kier alpha value is 0.300. The Morgan fingerprint density at radius 3 is 0.548 bits per heavy atom. The zero-order chi connectivity index (χ0) is 29.1. The van der Waals surface area contributed by atoms with Gasteiger partial charge in [0.15, 0.2) is 0 Å². The summed E-state index contributed by atoms with van der Waals surface area (Å²) in [5.41, 5.74) is 8.30. The van der Waals surface area contributed by atoms with E-state index in [1.807, 2.05) is 139 Å². The Morgan fingerprint density at radius 2 is 0.429 bits per heavy atom. The van der Waals surface area contributed by atoms with Gasteiger partial charge in [-0.3, -0.25) is 0 Å². The molecule has 42 heavy (non-hydrogen) atoms. The molecule has 0 N–H and O–H groups in total. The molecule has 0 saturated heterocycles. The van der Waals surface area contributed by atoms with Crippen LogP contribution < -0.4 is 0 Å². The lowest BCUT2D eigenvalue weighted by molar-refractivity contribution is 1.64. The highest BCUT2D eigenvalue weighted by Crippen LogP contribution is 2.60. The standard InChI is InChI=1S/C30H24S12/c1-31-19-7-13-14-8-20(32-2)39-27(14)28-17(11-23(35-5)40-28)18-12-24(36-6)42-30(18)29-16(10-22(34-4)41-29)15-9-21(33-3)38-26(15)25(13)37-19/h7-12H,1-6H3. The van der Waals surface area contributed by atoms with Gasteiger partial charge in [0.1, 0.15) is 0 Å². The van der Waals surface area contributed by atoms with E-state index in [2.05, 4.69) is 73.9 Å². The third kappa shape index (κ3) is 5.31. The average molecular weight is 769 g/mol. The maximum absolute atomic E-state index is 2.46. The molecule has 0 nitrogen and oxygen atoms in total. The van der Waals surface area contributed by atoms with E-state index in [1.165, 1.54) is 87.9 Å². The fourth-order valence-corrected chi connectivity index (χ4v) is 15.8. The molecule has 6 aromatic heterocycles. The minimum absolute atomic E-state index is 1.37. The van der Waals surface area contributed by atoms with Crippen molar-refractivity contribution < 1.29 is 0 Å². The molecule has 0 spiro atoms. The van der Waals surface area contributed by atoms with Crippen LogP contribution in [0.25, 0.3) is 62.6 Å². The molecule has 7 rings (SSSR count). The molecule has 0 bridgehead atoms. The van der Waals surface area contributed by atoms with Gasteiger partial charge < -0.3 is 0 Å². The van der Waals surface area contributed by atoms with E-state index in [0.29, 0.717) is 0 Å². The molecular weight excluding hydrogens is 745 g/mol. The van der Waals surface area contributed by atoms with Gasteiger partial charge >= 0.3 is 0 Å². The van der Waals surface area contributed by atoms with Crippen LogP contribution in [0.5, 0.6) is 0 Å². The number of rotatable bonds is 6. The van der Waals surface area contributed by atoms with Gasteiger partial charge in [-0.2, -0.15) is 0 Å². The largest absolute Gasteiger partial charge is 0.127 e. The minimum atomic E-state index is 1.37. The van der Waals surface area contributed by atoms with E-state index >= 15 is 0 Å². The van der Waals surface area contributed by atoms with Gasteiger partial charge in [-0.25, -0.2) is 0 Å². The van der Waals surface area contributed by atoms with Crippen molar-refractivity contribution in [3.63, 3.8) is 0 Å². The van der Waals surface area contributed by atoms with Crippen LogP contribution in [-0.4, -0.2) is 37.5 Å². The predicted molar refractivity (Wildman–Crippen MR) is 211 cm³/mol. The summed E-state index contributed by atoms with van der Waals surface area (Å²) in [4.78, 5) is 8.47. The number of hydrogen-bond donors (Lipinski definition) is 0. The number of thioether (sulfide) groups is 6. The molecule has 12 heteroatoms. The van der Waals surface area contributed by atoms with E-state index in [4.69, 9.17) is 0 Å². The highest BCUT2D eigenvalue weighted by atomic mass is 32.2. The number of hydrogen-bond acceptors (Lipinski definition) is 12. The van der Waals surface area contributed by atoms with Gasteiger partial charge in [-0.15, -0.1) is 139 Å². The van der Waals surface area contributed by atoms with Gasteiger partial charge in [-0.1, -0.05) is 0 Å². The van der Waals surface area contributed by atoms with Gasteiger partial charge in [0.2, 0.25) is 0 Å². The normalized spacial score (nSPS) is 12.1. The topological polar surface area (TPSA) is 0 Å². The fourth-order valence-electron chi connectivity index (χ4n) is 5.03. The summed E-state index contributed by atoms with van der Waals surface area (Å²) in [6.07, 6.45) is 13.3. The van der Waals surface area contributed by atoms with Crippen molar-refractivity contribution in [2.24, 2.45) is 0 Å². The molecule has 1 aliphatic rings. The van der Waals surface area contributed by atoms with Gasteiger partial charge in [-0.05, 0) is 73.9 Å². The molecule has 0 unspecified atom stereocenters. The van der Waals surface area contributed by atoms with Crippen LogP contribution in [0, 0.1) is 0 Å². The summed E-state index contributed by atoms with van der Waals surface area (Å²) in [6, 6.07) is 14.8. The second-order valence-electron chi connectivity index (χ2n) is 9.07. The molecule has 6 heterocycles. The maximum atomic E-state index is 2.46. The van der Waals surface area contributed by atoms with Gasteiger partial charge in [0, 0.05) is 33.4 Å². The van der Waals surface area contributed by atoms with Gasteiger partial charge in [0.05, 0.1) is 54.5 Å². The lowest BCUT2D eigenvalue weighted by Crippen LogP contribution is -1.85. The second-order valence-corrected chi connectivity index (χ2v) is 22.0. The van der Waals surface area contributed by atoms with Gasteiger partial charge in [0.25, 0.3) is 0 Å². The molecule has 0 saturated carbocycles. The Bertz CT molecular complexity index is 1400. The first-order valence-corrected chi connectivity index (χ1v) is 24.8. The predicted octanol–water partition coefficient (Wildman–Crippen LogP) is 14.7. The molecule has 0 fully saturated rings. The lowest BCUT2D eigenvalue weighted by Gasteiger charge is -2.11. The quantitative estimate of drug-likeness (QED) is 0.153. The molecule has 0 aliphatic heterocycles. The van der Waals surface area contributed by atoms with E-state index in [1.54, 1.807) is 0 Å². The van der Waals surface area contributed by atoms with Crippen LogP contribution in [-0.2, 0) is 0 Å². The first kappa shape index (κ1) is 30.9. The molecular formula is C30H24S12. The van der Waals surface area contributed by atoms with E-state index < -0.39 is 0 Å². The summed E-state index contributed by atoms with van der Waals surface area (Å²) in [7, 11) is 0. The Balaban J connectivity index is 1.67. The second kappa shape index (κ2) is 12.8. The molecule has 216 valence electrons. The summed E-state index contributed by atoms with van der Waals surface area (Å²) < 4.78 is 8.24. The monoisotopic (exact) mass is 768 g/mol. The van der Waals surface area contributed by atoms with Crippen molar-refractivity contribution in [2.45, 2.75) is 25.3 Å². The summed E-state index contributed by atoms with van der Waals surface area (Å²) in [5.74, 6) is 0. The average Bonchev–Trinajstić information content (AvgIpc) is 3.85. The van der Waals surface area contributed by atoms with E-state index in [9.17, 15) is 0 Å². The van der Waals surface area contributed by atoms with Crippen molar-refractivity contribution in [1.82, 2.24) is 0 Å². The van der Waals surface area contributed by atoms with Crippen molar-refractivity contribution in [1.29, 1.82) is 0 Å². The van der Waals surface area contributed by atoms with Crippen molar-refractivity contribution >= 4 is 139 Å². The van der Waals surface area contributed by atoms with Crippen molar-refractivity contribution in [2.75, 3.05) is 37.5 Å². The SMILES string of the molecule is CSc1cc2c(s1)-c1sc(SC)cc1-c1cc(SC)sc1-c1sc(SC)cc1-c1cc(SC)sc1-c1sc(SC)cc1-2. The maximum Gasteiger partial charge on any atom is 0.0609 e. The number of fused-ring (bicyclic) bond motifs is 12. The van der Waals surface area contributed by atoms with Crippen molar-refractivity contribution in [3.05, 3.63) is 36.4 Å².